The van der Waals surface area contributed by atoms with Crippen molar-refractivity contribution in [3.05, 3.63) is 22.4 Å². The van der Waals surface area contributed by atoms with Crippen LogP contribution in [0.4, 0.5) is 5.82 Å². The lowest BCUT2D eigenvalue weighted by molar-refractivity contribution is -0.122. The molecule has 3 aliphatic heterocycles. The Hall–Kier alpha value is -1.95. The van der Waals surface area contributed by atoms with Crippen LogP contribution in [0.2, 0.25) is 0 Å². The number of fused-ring (bicyclic) bond motifs is 4. The number of piperidine rings is 2. The molecule has 4 heterocycles. The lowest BCUT2D eigenvalue weighted by Crippen LogP contribution is -2.40. The number of Topliss-reactive ketones (excluding diaryl/α,β-unsaturated/α-hetero) is 1. The van der Waals surface area contributed by atoms with E-state index in [-0.39, 0.29) is 17.7 Å². The number of amides is 1. The van der Waals surface area contributed by atoms with Gasteiger partial charge in [0.15, 0.2) is 0 Å². The van der Waals surface area contributed by atoms with E-state index >= 15 is 0 Å². The third kappa shape index (κ3) is 2.75. The average molecular weight is 410 g/mol. The maximum Gasteiger partial charge on any atom is 0.256 e. The van der Waals surface area contributed by atoms with Crippen LogP contribution in [0.25, 0.3) is 0 Å². The van der Waals surface area contributed by atoms with Crippen molar-refractivity contribution in [2.24, 2.45) is 11.3 Å². The van der Waals surface area contributed by atoms with Crippen molar-refractivity contribution in [3.63, 3.8) is 0 Å². The van der Waals surface area contributed by atoms with Gasteiger partial charge in [-0.05, 0) is 56.1 Å². The molecule has 6 nitrogen and oxygen atoms in total. The van der Waals surface area contributed by atoms with Gasteiger partial charge in [0.25, 0.3) is 5.91 Å². The van der Waals surface area contributed by atoms with Gasteiger partial charge in [0.2, 0.25) is 0 Å². The summed E-state index contributed by atoms with van der Waals surface area (Å²) in [6.45, 7) is 8.86. The highest BCUT2D eigenvalue weighted by molar-refractivity contribution is 6.02. The zero-order chi connectivity index (χ0) is 20.8. The van der Waals surface area contributed by atoms with E-state index < -0.39 is 0 Å². The molecule has 4 unspecified atom stereocenters. The molecule has 2 aliphatic carbocycles. The zero-order valence-electron chi connectivity index (χ0n) is 18.2. The Morgan fingerprint density at radius 3 is 2.70 bits per heavy atom. The number of nitrogens with zero attached hydrogens (tertiary/aromatic N) is 3. The second-order valence-corrected chi connectivity index (χ2v) is 10.6. The van der Waals surface area contributed by atoms with Crippen molar-refractivity contribution in [3.8, 4) is 0 Å². The highest BCUT2D eigenvalue weighted by Gasteiger charge is 2.53. The van der Waals surface area contributed by atoms with Gasteiger partial charge in [-0.15, -0.1) is 0 Å². The summed E-state index contributed by atoms with van der Waals surface area (Å²) in [4.78, 5) is 34.5. The number of hydrogen-bond donors (Lipinski definition) is 0. The molecule has 0 spiro atoms. The SMILES string of the molecule is Cc1c(N2CCC(OCC3(C)CC3)C3CC32)nc2c(c1C)C(=O)N1CCC(=O)CC21. The molecule has 5 aliphatic rings. The quantitative estimate of drug-likeness (QED) is 0.763. The Bertz CT molecular complexity index is 954. The maximum atomic E-state index is 13.0. The molecule has 1 aromatic rings. The summed E-state index contributed by atoms with van der Waals surface area (Å²) in [5.41, 5.74) is 4.18. The molecule has 4 fully saturated rings. The average Bonchev–Trinajstić information content (AvgIpc) is 3.64. The van der Waals surface area contributed by atoms with Crippen molar-refractivity contribution in [1.29, 1.82) is 0 Å². The summed E-state index contributed by atoms with van der Waals surface area (Å²) < 4.78 is 6.34. The predicted molar refractivity (Wildman–Crippen MR) is 113 cm³/mol. The third-order valence-electron chi connectivity index (χ3n) is 8.33. The van der Waals surface area contributed by atoms with Crippen LogP contribution in [0.5, 0.6) is 0 Å². The third-order valence-corrected chi connectivity index (χ3v) is 8.33. The Balaban J connectivity index is 1.27. The van der Waals surface area contributed by atoms with E-state index in [0.717, 1.165) is 47.8 Å². The molecule has 30 heavy (non-hydrogen) atoms. The number of ether oxygens (including phenoxy) is 1. The number of ketones is 1. The van der Waals surface area contributed by atoms with E-state index in [4.69, 9.17) is 9.72 Å². The van der Waals surface area contributed by atoms with Crippen molar-refractivity contribution in [2.45, 2.75) is 77.5 Å². The number of anilines is 1. The largest absolute Gasteiger partial charge is 0.377 e. The van der Waals surface area contributed by atoms with Gasteiger partial charge in [-0.25, -0.2) is 4.98 Å². The first-order valence-electron chi connectivity index (χ1n) is 11.6. The summed E-state index contributed by atoms with van der Waals surface area (Å²) in [6, 6.07) is 0.336. The first kappa shape index (κ1) is 18.8. The summed E-state index contributed by atoms with van der Waals surface area (Å²) in [5.74, 6) is 1.93. The van der Waals surface area contributed by atoms with Crippen LogP contribution in [0.15, 0.2) is 0 Å². The molecule has 6 rings (SSSR count). The minimum atomic E-state index is -0.165. The zero-order valence-corrected chi connectivity index (χ0v) is 18.2. The highest BCUT2D eigenvalue weighted by atomic mass is 16.5. The minimum Gasteiger partial charge on any atom is -0.377 e. The molecule has 0 N–H and O–H groups in total. The molecule has 1 amide bonds. The van der Waals surface area contributed by atoms with Crippen LogP contribution in [-0.4, -0.2) is 53.4 Å². The number of hydrogen-bond acceptors (Lipinski definition) is 5. The molecular weight excluding hydrogens is 378 g/mol. The monoisotopic (exact) mass is 409 g/mol. The Morgan fingerprint density at radius 1 is 1.13 bits per heavy atom. The molecule has 160 valence electrons. The number of carbonyl (C=O) groups is 2. The summed E-state index contributed by atoms with van der Waals surface area (Å²) in [7, 11) is 0. The van der Waals surface area contributed by atoms with Crippen LogP contribution in [-0.2, 0) is 9.53 Å². The number of aromatic nitrogens is 1. The van der Waals surface area contributed by atoms with E-state index in [0.29, 0.717) is 42.9 Å². The molecule has 2 saturated heterocycles. The van der Waals surface area contributed by atoms with Gasteiger partial charge in [0.1, 0.15) is 11.6 Å². The fraction of sp³-hybridized carbons (Fsp3) is 0.708. The molecule has 0 bridgehead atoms. The molecule has 0 radical (unpaired) electrons. The standard InChI is InChI=1S/C24H31N3O3/c1-13-14(2)22(25-21-18-10-15(28)4-8-27(18)23(29)20(13)21)26-9-5-19(16-11-17(16)26)30-12-24(3)6-7-24/h16-19H,4-12H2,1-3H3. The fourth-order valence-corrected chi connectivity index (χ4v) is 5.79. The van der Waals surface area contributed by atoms with Gasteiger partial charge >= 0.3 is 0 Å². The van der Waals surface area contributed by atoms with Crippen molar-refractivity contribution >= 4 is 17.5 Å². The van der Waals surface area contributed by atoms with Gasteiger partial charge in [0, 0.05) is 37.9 Å². The summed E-state index contributed by atoms with van der Waals surface area (Å²) in [6.07, 6.45) is 6.08. The first-order valence-corrected chi connectivity index (χ1v) is 11.6. The Labute approximate surface area is 178 Å². The molecule has 0 aromatic carbocycles. The smallest absolute Gasteiger partial charge is 0.256 e. The van der Waals surface area contributed by atoms with E-state index in [2.05, 4.69) is 18.7 Å². The Kier molecular flexibility index (Phi) is 3.94. The Morgan fingerprint density at radius 2 is 1.93 bits per heavy atom. The lowest BCUT2D eigenvalue weighted by atomic mass is 9.97. The van der Waals surface area contributed by atoms with Crippen molar-refractivity contribution < 1.29 is 14.3 Å². The highest BCUT2D eigenvalue weighted by Crippen LogP contribution is 2.50. The second kappa shape index (κ2) is 6.28. The first-order chi connectivity index (χ1) is 14.4. The van der Waals surface area contributed by atoms with Gasteiger partial charge in [0.05, 0.1) is 30.0 Å². The molecule has 6 heteroatoms. The van der Waals surface area contributed by atoms with Crippen molar-refractivity contribution in [2.75, 3.05) is 24.6 Å². The summed E-state index contributed by atoms with van der Waals surface area (Å²) in [5, 5.41) is 0. The molecule has 4 atom stereocenters. The topological polar surface area (TPSA) is 62.7 Å². The maximum absolute atomic E-state index is 13.0. The number of rotatable bonds is 4. The predicted octanol–water partition coefficient (Wildman–Crippen LogP) is 3.34. The van der Waals surface area contributed by atoms with E-state index in [1.807, 2.05) is 11.8 Å². The normalized spacial score (nSPS) is 33.3. The van der Waals surface area contributed by atoms with Gasteiger partial charge in [-0.3, -0.25) is 9.59 Å². The number of pyridine rings is 1. The van der Waals surface area contributed by atoms with Crippen LogP contribution in [0, 0.1) is 25.2 Å². The van der Waals surface area contributed by atoms with E-state index in [1.54, 1.807) is 0 Å². The van der Waals surface area contributed by atoms with Crippen LogP contribution in [0.3, 0.4) is 0 Å². The van der Waals surface area contributed by atoms with Crippen LogP contribution < -0.4 is 4.90 Å². The molecular formula is C24H31N3O3. The van der Waals surface area contributed by atoms with Gasteiger partial charge in [-0.2, -0.15) is 0 Å². The second-order valence-electron chi connectivity index (χ2n) is 10.6. The number of carbonyl (C=O) groups excluding carboxylic acids is 2. The van der Waals surface area contributed by atoms with Crippen molar-refractivity contribution in [1.82, 2.24) is 9.88 Å². The van der Waals surface area contributed by atoms with Crippen LogP contribution in [0.1, 0.15) is 78.7 Å². The molecule has 2 saturated carbocycles. The van der Waals surface area contributed by atoms with E-state index in [1.165, 1.54) is 19.3 Å². The molecule has 1 aromatic heterocycles. The lowest BCUT2D eigenvalue weighted by Gasteiger charge is -2.34. The minimum absolute atomic E-state index is 0.0622. The van der Waals surface area contributed by atoms with Gasteiger partial charge in [-0.1, -0.05) is 6.92 Å². The fourth-order valence-electron chi connectivity index (χ4n) is 5.79. The van der Waals surface area contributed by atoms with Crippen LogP contribution >= 0.6 is 0 Å². The summed E-state index contributed by atoms with van der Waals surface area (Å²) >= 11 is 0. The van der Waals surface area contributed by atoms with Gasteiger partial charge < -0.3 is 14.5 Å². The van der Waals surface area contributed by atoms with E-state index in [9.17, 15) is 9.59 Å².